The van der Waals surface area contributed by atoms with E-state index >= 15 is 0 Å². The number of benzene rings is 2. The van der Waals surface area contributed by atoms with Crippen LogP contribution in [-0.2, 0) is 14.9 Å². The van der Waals surface area contributed by atoms with Crippen LogP contribution in [0.25, 0.3) is 6.08 Å². The first-order valence-electron chi connectivity index (χ1n) is 8.24. The van der Waals surface area contributed by atoms with Gasteiger partial charge in [-0.25, -0.2) is 4.79 Å². The zero-order valence-corrected chi connectivity index (χ0v) is 16.5. The average molecular weight is 448 g/mol. The largest absolute Gasteiger partial charge is 0.485 e. The van der Waals surface area contributed by atoms with Crippen molar-refractivity contribution >= 4 is 34.6 Å². The third kappa shape index (κ3) is 3.89. The van der Waals surface area contributed by atoms with Crippen LogP contribution in [0, 0.1) is 0 Å². The highest BCUT2D eigenvalue weighted by molar-refractivity contribution is 14.1. The Morgan fingerprint density at radius 1 is 1.32 bits per heavy atom. The van der Waals surface area contributed by atoms with Crippen molar-refractivity contribution < 1.29 is 14.3 Å². The van der Waals surface area contributed by atoms with Gasteiger partial charge in [0.25, 0.3) is 0 Å². The molecule has 130 valence electrons. The molecule has 0 saturated carbocycles. The molecule has 4 heteroatoms. The Kier molecular flexibility index (Phi) is 5.47. The Balaban J connectivity index is 1.95. The van der Waals surface area contributed by atoms with E-state index in [9.17, 15) is 4.79 Å². The highest BCUT2D eigenvalue weighted by atomic mass is 127. The number of halogens is 1. The fraction of sp³-hybridized carbons (Fsp3) is 0.286. The molecule has 0 aliphatic carbocycles. The maximum Gasteiger partial charge on any atom is 0.330 e. The molecule has 2 aromatic rings. The van der Waals surface area contributed by atoms with Gasteiger partial charge in [0.05, 0.1) is 7.11 Å². The quantitative estimate of drug-likeness (QED) is 0.283. The molecule has 2 atom stereocenters. The maximum absolute atomic E-state index is 11.3. The summed E-state index contributed by atoms with van der Waals surface area (Å²) in [6.45, 7) is 2.28. The monoisotopic (exact) mass is 448 g/mol. The first-order chi connectivity index (χ1) is 12.1. The highest BCUT2D eigenvalue weighted by Crippen LogP contribution is 2.47. The minimum absolute atomic E-state index is 0.0176. The summed E-state index contributed by atoms with van der Waals surface area (Å²) in [5.41, 5.74) is 3.39. The van der Waals surface area contributed by atoms with Gasteiger partial charge in [0.15, 0.2) is 0 Å². The lowest BCUT2D eigenvalue weighted by atomic mass is 9.75. The van der Waals surface area contributed by atoms with Crippen molar-refractivity contribution in [3.8, 4) is 5.75 Å². The van der Waals surface area contributed by atoms with Crippen molar-refractivity contribution in [1.29, 1.82) is 0 Å². The van der Waals surface area contributed by atoms with Crippen LogP contribution in [-0.4, -0.2) is 17.5 Å². The van der Waals surface area contributed by atoms with Gasteiger partial charge in [0, 0.05) is 21.5 Å². The lowest BCUT2D eigenvalue weighted by molar-refractivity contribution is -0.134. The molecule has 0 spiro atoms. The molecular weight excluding hydrogens is 427 g/mol. The molecule has 1 heterocycles. The van der Waals surface area contributed by atoms with Crippen molar-refractivity contribution in [2.45, 2.75) is 24.9 Å². The smallest absolute Gasteiger partial charge is 0.330 e. The molecule has 2 unspecified atom stereocenters. The second-order valence-corrected chi connectivity index (χ2v) is 7.29. The molecule has 0 saturated heterocycles. The second kappa shape index (κ2) is 7.60. The first-order valence-corrected chi connectivity index (χ1v) is 9.76. The summed E-state index contributed by atoms with van der Waals surface area (Å²) in [5, 5.41) is 0. The predicted molar refractivity (Wildman–Crippen MR) is 108 cm³/mol. The standard InChI is InChI=1S/C21H21IO3/c1-21(14-22)13-19(16-6-4-3-5-7-16)25-18-10-8-15(12-17(18)21)9-11-20(23)24-2/h3-12,19H,13-14H2,1-2H3/b11-9+. The molecule has 0 aromatic heterocycles. The van der Waals surface area contributed by atoms with Crippen molar-refractivity contribution in [1.82, 2.24) is 0 Å². The van der Waals surface area contributed by atoms with Crippen molar-refractivity contribution in [2.75, 3.05) is 11.5 Å². The lowest BCUT2D eigenvalue weighted by Crippen LogP contribution is -2.33. The summed E-state index contributed by atoms with van der Waals surface area (Å²) in [4.78, 5) is 11.3. The van der Waals surface area contributed by atoms with Gasteiger partial charge in [-0.1, -0.05) is 65.9 Å². The molecule has 0 N–H and O–H groups in total. The Hall–Kier alpha value is -1.82. The lowest BCUT2D eigenvalue weighted by Gasteiger charge is -2.39. The van der Waals surface area contributed by atoms with E-state index < -0.39 is 0 Å². The number of alkyl halides is 1. The number of carbonyl (C=O) groups is 1. The van der Waals surface area contributed by atoms with E-state index in [0.29, 0.717) is 0 Å². The number of ether oxygens (including phenoxy) is 2. The molecule has 3 rings (SSSR count). The molecular formula is C21H21IO3. The molecule has 0 bridgehead atoms. The second-order valence-electron chi connectivity index (χ2n) is 6.53. The van der Waals surface area contributed by atoms with Gasteiger partial charge in [-0.05, 0) is 35.8 Å². The van der Waals surface area contributed by atoms with E-state index in [-0.39, 0.29) is 17.5 Å². The van der Waals surface area contributed by atoms with Crippen LogP contribution < -0.4 is 4.74 Å². The van der Waals surface area contributed by atoms with Gasteiger partial charge < -0.3 is 9.47 Å². The van der Waals surface area contributed by atoms with Gasteiger partial charge in [-0.2, -0.15) is 0 Å². The molecule has 1 aliphatic heterocycles. The summed E-state index contributed by atoms with van der Waals surface area (Å²) < 4.78 is 12.0. The van der Waals surface area contributed by atoms with Crippen LogP contribution in [0.2, 0.25) is 0 Å². The maximum atomic E-state index is 11.3. The van der Waals surface area contributed by atoms with Crippen LogP contribution in [0.15, 0.2) is 54.6 Å². The zero-order valence-electron chi connectivity index (χ0n) is 14.4. The van der Waals surface area contributed by atoms with Crippen molar-refractivity contribution in [3.05, 3.63) is 71.3 Å². The van der Waals surface area contributed by atoms with Gasteiger partial charge in [0.2, 0.25) is 0 Å². The minimum Gasteiger partial charge on any atom is -0.485 e. The van der Waals surface area contributed by atoms with Crippen LogP contribution in [0.4, 0.5) is 0 Å². The zero-order chi connectivity index (χ0) is 17.9. The summed E-state index contributed by atoms with van der Waals surface area (Å²) in [6.07, 6.45) is 4.21. The minimum atomic E-state index is -0.352. The Morgan fingerprint density at radius 2 is 2.08 bits per heavy atom. The van der Waals surface area contributed by atoms with Gasteiger partial charge in [-0.15, -0.1) is 0 Å². The number of methoxy groups -OCH3 is 1. The van der Waals surface area contributed by atoms with E-state index in [0.717, 1.165) is 22.2 Å². The van der Waals surface area contributed by atoms with E-state index in [4.69, 9.17) is 4.74 Å². The third-order valence-corrected chi connectivity index (χ3v) is 6.32. The predicted octanol–water partition coefficient (Wildman–Crippen LogP) is 5.09. The molecule has 25 heavy (non-hydrogen) atoms. The number of hydrogen-bond acceptors (Lipinski definition) is 3. The van der Waals surface area contributed by atoms with Crippen LogP contribution in [0.1, 0.15) is 36.1 Å². The van der Waals surface area contributed by atoms with E-state index in [1.807, 2.05) is 18.2 Å². The number of hydrogen-bond donors (Lipinski definition) is 0. The van der Waals surface area contributed by atoms with Gasteiger partial charge in [0.1, 0.15) is 11.9 Å². The number of rotatable bonds is 4. The normalized spacial score (nSPS) is 22.3. The fourth-order valence-electron chi connectivity index (χ4n) is 3.15. The number of fused-ring (bicyclic) bond motifs is 1. The Morgan fingerprint density at radius 3 is 2.76 bits per heavy atom. The Labute approximate surface area is 162 Å². The van der Waals surface area contributed by atoms with Gasteiger partial charge >= 0.3 is 5.97 Å². The van der Waals surface area contributed by atoms with Crippen LogP contribution >= 0.6 is 22.6 Å². The summed E-state index contributed by atoms with van der Waals surface area (Å²) in [5.74, 6) is 0.573. The molecule has 2 aromatic carbocycles. The van der Waals surface area contributed by atoms with E-state index in [1.54, 1.807) is 6.08 Å². The fourth-order valence-corrected chi connectivity index (χ4v) is 3.87. The third-order valence-electron chi connectivity index (χ3n) is 4.64. The number of carbonyl (C=O) groups excluding carboxylic acids is 1. The Bertz CT molecular complexity index is 785. The van der Waals surface area contributed by atoms with E-state index in [2.05, 4.69) is 64.6 Å². The van der Waals surface area contributed by atoms with Crippen molar-refractivity contribution in [3.63, 3.8) is 0 Å². The van der Waals surface area contributed by atoms with Gasteiger partial charge in [-0.3, -0.25) is 0 Å². The molecule has 1 aliphatic rings. The molecule has 3 nitrogen and oxygen atoms in total. The van der Waals surface area contributed by atoms with Crippen LogP contribution in [0.3, 0.4) is 0 Å². The number of esters is 1. The SMILES string of the molecule is COC(=O)/C=C/c1ccc2c(c1)C(C)(CI)CC(c1ccccc1)O2. The molecule has 0 amide bonds. The average Bonchev–Trinajstić information content (AvgIpc) is 2.66. The van der Waals surface area contributed by atoms with E-state index in [1.165, 1.54) is 24.3 Å². The van der Waals surface area contributed by atoms with Crippen LogP contribution in [0.5, 0.6) is 5.75 Å². The topological polar surface area (TPSA) is 35.5 Å². The first kappa shape index (κ1) is 18.0. The van der Waals surface area contributed by atoms with Crippen molar-refractivity contribution in [2.24, 2.45) is 0 Å². The molecule has 0 radical (unpaired) electrons. The highest BCUT2D eigenvalue weighted by Gasteiger charge is 2.37. The summed E-state index contributed by atoms with van der Waals surface area (Å²) in [7, 11) is 1.38. The molecule has 0 fully saturated rings. The summed E-state index contributed by atoms with van der Waals surface area (Å²) in [6, 6.07) is 16.5. The summed E-state index contributed by atoms with van der Waals surface area (Å²) >= 11 is 2.45.